The minimum Gasteiger partial charge on any atom is -0.480 e. The summed E-state index contributed by atoms with van der Waals surface area (Å²) in [5.41, 5.74) is 5.37. The molecule has 5 rings (SSSR count). The molecule has 2 aromatic rings. The average molecular weight is 598 g/mol. The van der Waals surface area contributed by atoms with E-state index in [-0.39, 0.29) is 42.9 Å². The maximum atomic E-state index is 13.7. The molecule has 0 aromatic heterocycles. The molecule has 4 N–H and O–H groups in total. The minimum atomic E-state index is -1.40. The van der Waals surface area contributed by atoms with Crippen LogP contribution in [0, 0.1) is 24.2 Å². The number of hydrogen-bond acceptors (Lipinski definition) is 6. The third-order valence-corrected chi connectivity index (χ3v) is 9.81. The molecule has 0 bridgehead atoms. The van der Waals surface area contributed by atoms with E-state index < -0.39 is 11.4 Å². The summed E-state index contributed by atoms with van der Waals surface area (Å²) in [4.78, 5) is 41.2. The maximum absolute atomic E-state index is 13.7. The average Bonchev–Trinajstić information content (AvgIpc) is 3.71. The SMILES string of the molecule is C=C(CCc1cc(C)c2c(c1)CCc1cc(C(=O)NC)ccc1C2(C[C@@H](C)NCC(=O)N1C(C#N)CC2CC21)C(=O)O)NC. The zero-order valence-corrected chi connectivity index (χ0v) is 26.1. The van der Waals surface area contributed by atoms with E-state index in [9.17, 15) is 24.8 Å². The highest BCUT2D eigenvalue weighted by molar-refractivity contribution is 5.95. The Morgan fingerprint density at radius 3 is 2.57 bits per heavy atom. The standard InChI is InChI=1S/C35H43N5O4/c1-20-12-23(7-6-21(2)37-4)13-25-9-8-24-14-26(33(42)38-5)10-11-29(24)35(32(20)25,34(43)44)17-22(3)39-19-31(41)40-28(18-36)15-27-16-30(27)40/h10-14,22,27-28,30,37,39H,2,6-9,15-17,19H2,1,3-5H3,(H,38,42)(H,43,44)/t22-,27?,28?,30?,35?/m1/s1. The number of amides is 2. The number of nitrogens with zero attached hydrogens (tertiary/aromatic N) is 2. The maximum Gasteiger partial charge on any atom is 0.318 e. The summed E-state index contributed by atoms with van der Waals surface area (Å²) < 4.78 is 0. The van der Waals surface area contributed by atoms with Gasteiger partial charge in [-0.1, -0.05) is 24.8 Å². The molecule has 2 fully saturated rings. The number of hydrogen-bond donors (Lipinski definition) is 4. The van der Waals surface area contributed by atoms with E-state index in [1.807, 2.05) is 27.0 Å². The molecule has 1 heterocycles. The van der Waals surface area contributed by atoms with Crippen LogP contribution in [0.4, 0.5) is 0 Å². The predicted octanol–water partition coefficient (Wildman–Crippen LogP) is 3.37. The second kappa shape index (κ2) is 12.4. The summed E-state index contributed by atoms with van der Waals surface area (Å²) in [5.74, 6) is -0.862. The van der Waals surface area contributed by atoms with E-state index in [1.165, 1.54) is 0 Å². The van der Waals surface area contributed by atoms with Crippen molar-refractivity contribution in [2.24, 2.45) is 5.92 Å². The third-order valence-electron chi connectivity index (χ3n) is 9.81. The third kappa shape index (κ3) is 5.71. The lowest BCUT2D eigenvalue weighted by atomic mass is 9.67. The number of allylic oxidation sites excluding steroid dienone is 1. The van der Waals surface area contributed by atoms with Crippen LogP contribution >= 0.6 is 0 Å². The topological polar surface area (TPSA) is 135 Å². The molecule has 0 radical (unpaired) electrons. The fraction of sp³-hybridized carbons (Fsp3) is 0.486. The van der Waals surface area contributed by atoms with Gasteiger partial charge in [0.25, 0.3) is 5.91 Å². The molecule has 9 heteroatoms. The summed E-state index contributed by atoms with van der Waals surface area (Å²) >= 11 is 0. The Morgan fingerprint density at radius 1 is 1.14 bits per heavy atom. The molecule has 2 amide bonds. The number of carbonyl (C=O) groups excluding carboxylic acids is 2. The molecule has 4 unspecified atom stereocenters. The molecule has 0 spiro atoms. The number of carboxylic acid groups (broad SMARTS) is 1. The van der Waals surface area contributed by atoms with Gasteiger partial charge in [0, 0.05) is 37.4 Å². The normalized spacial score (nSPS) is 23.7. The molecule has 2 aliphatic carbocycles. The molecule has 9 nitrogen and oxygen atoms in total. The van der Waals surface area contributed by atoms with Crippen LogP contribution in [0.1, 0.15) is 76.3 Å². The summed E-state index contributed by atoms with van der Waals surface area (Å²) in [6.07, 6.45) is 4.70. The van der Waals surface area contributed by atoms with Crippen LogP contribution in [-0.4, -0.2) is 66.6 Å². The van der Waals surface area contributed by atoms with Crippen molar-refractivity contribution in [1.29, 1.82) is 5.26 Å². The van der Waals surface area contributed by atoms with E-state index in [0.717, 1.165) is 59.2 Å². The van der Waals surface area contributed by atoms with Crippen LogP contribution in [0.2, 0.25) is 0 Å². The highest BCUT2D eigenvalue weighted by atomic mass is 16.4. The van der Waals surface area contributed by atoms with E-state index in [4.69, 9.17) is 0 Å². The van der Waals surface area contributed by atoms with Crippen molar-refractivity contribution < 1.29 is 19.5 Å². The Balaban J connectivity index is 1.52. The molecule has 2 aromatic carbocycles. The Bertz CT molecular complexity index is 1540. The first-order chi connectivity index (χ1) is 21.0. The Morgan fingerprint density at radius 2 is 1.89 bits per heavy atom. The second-order valence-corrected chi connectivity index (χ2v) is 12.7. The van der Waals surface area contributed by atoms with Crippen molar-refractivity contribution in [3.05, 3.63) is 81.6 Å². The van der Waals surface area contributed by atoms with Crippen molar-refractivity contribution in [3.63, 3.8) is 0 Å². The number of carbonyl (C=O) groups is 3. The van der Waals surface area contributed by atoms with Crippen molar-refractivity contribution in [2.45, 2.75) is 82.3 Å². The molecule has 232 valence electrons. The Hall–Kier alpha value is -4.16. The first kappa shape index (κ1) is 31.3. The summed E-state index contributed by atoms with van der Waals surface area (Å²) in [6.45, 7) is 7.99. The second-order valence-electron chi connectivity index (χ2n) is 12.7. The number of fused-ring (bicyclic) bond motifs is 3. The lowest BCUT2D eigenvalue weighted by molar-refractivity contribution is -0.142. The quantitative estimate of drug-likeness (QED) is 0.312. The number of aryl methyl sites for hydroxylation is 4. The smallest absolute Gasteiger partial charge is 0.318 e. The fourth-order valence-electron chi connectivity index (χ4n) is 7.56. The van der Waals surface area contributed by atoms with Gasteiger partial charge in [0.15, 0.2) is 0 Å². The van der Waals surface area contributed by atoms with Crippen LogP contribution in [-0.2, 0) is 34.3 Å². The van der Waals surface area contributed by atoms with Gasteiger partial charge < -0.3 is 26.0 Å². The van der Waals surface area contributed by atoms with Crippen molar-refractivity contribution in [1.82, 2.24) is 20.9 Å². The van der Waals surface area contributed by atoms with Crippen LogP contribution in [0.3, 0.4) is 0 Å². The summed E-state index contributed by atoms with van der Waals surface area (Å²) in [5, 5.41) is 29.8. The lowest BCUT2D eigenvalue weighted by Crippen LogP contribution is -2.48. The number of carboxylic acids is 1. The zero-order valence-electron chi connectivity index (χ0n) is 26.1. The van der Waals surface area contributed by atoms with E-state index in [2.05, 4.69) is 40.7 Å². The first-order valence-electron chi connectivity index (χ1n) is 15.6. The summed E-state index contributed by atoms with van der Waals surface area (Å²) in [6, 6.07) is 11.3. The van der Waals surface area contributed by atoms with Gasteiger partial charge in [-0.25, -0.2) is 0 Å². The van der Waals surface area contributed by atoms with Gasteiger partial charge in [0.1, 0.15) is 11.5 Å². The molecule has 1 aliphatic heterocycles. The largest absolute Gasteiger partial charge is 0.480 e. The van der Waals surface area contributed by atoms with Gasteiger partial charge in [0.05, 0.1) is 12.6 Å². The molecular weight excluding hydrogens is 554 g/mol. The zero-order chi connectivity index (χ0) is 31.8. The predicted molar refractivity (Wildman–Crippen MR) is 168 cm³/mol. The lowest BCUT2D eigenvalue weighted by Gasteiger charge is -2.36. The molecule has 1 saturated heterocycles. The number of piperidine rings is 1. The van der Waals surface area contributed by atoms with Gasteiger partial charge in [-0.15, -0.1) is 0 Å². The number of benzene rings is 2. The highest BCUT2D eigenvalue weighted by Crippen LogP contribution is 2.48. The van der Waals surface area contributed by atoms with Gasteiger partial charge in [0.2, 0.25) is 5.91 Å². The van der Waals surface area contributed by atoms with E-state index >= 15 is 0 Å². The number of aliphatic carboxylic acids is 1. The van der Waals surface area contributed by atoms with Crippen LogP contribution < -0.4 is 16.0 Å². The van der Waals surface area contributed by atoms with Crippen molar-refractivity contribution in [3.8, 4) is 6.07 Å². The molecule has 44 heavy (non-hydrogen) atoms. The monoisotopic (exact) mass is 597 g/mol. The number of likely N-dealkylation sites (tertiary alicyclic amines) is 1. The number of nitriles is 1. The minimum absolute atomic E-state index is 0.0425. The molecular formula is C35H43N5O4. The van der Waals surface area contributed by atoms with Gasteiger partial charge in [-0.3, -0.25) is 14.4 Å². The molecule has 3 aliphatic rings. The number of nitrogens with one attached hydrogen (secondary N) is 3. The van der Waals surface area contributed by atoms with Gasteiger partial charge >= 0.3 is 5.97 Å². The van der Waals surface area contributed by atoms with E-state index in [0.29, 0.717) is 29.9 Å². The van der Waals surface area contributed by atoms with E-state index in [1.54, 1.807) is 24.1 Å². The first-order valence-corrected chi connectivity index (χ1v) is 15.6. The molecule has 1 saturated carbocycles. The van der Waals surface area contributed by atoms with Gasteiger partial charge in [-0.2, -0.15) is 5.26 Å². The molecule has 5 atom stereocenters. The van der Waals surface area contributed by atoms with Crippen LogP contribution in [0.25, 0.3) is 0 Å². The van der Waals surface area contributed by atoms with Crippen LogP contribution in [0.15, 0.2) is 42.6 Å². The van der Waals surface area contributed by atoms with Crippen molar-refractivity contribution >= 4 is 17.8 Å². The highest BCUT2D eigenvalue weighted by Gasteiger charge is 2.54. The number of rotatable bonds is 11. The summed E-state index contributed by atoms with van der Waals surface area (Å²) in [7, 11) is 3.44. The Labute approximate surface area is 259 Å². The fourth-order valence-corrected chi connectivity index (χ4v) is 7.56. The van der Waals surface area contributed by atoms with Crippen LogP contribution in [0.5, 0.6) is 0 Å². The Kier molecular flexibility index (Phi) is 8.85. The van der Waals surface area contributed by atoms with Gasteiger partial charge in [-0.05, 0) is 110 Å². The van der Waals surface area contributed by atoms with Crippen molar-refractivity contribution in [2.75, 3.05) is 20.6 Å².